The molecule has 1 aliphatic rings. The second-order valence-electron chi connectivity index (χ2n) is 9.65. The van der Waals surface area contributed by atoms with E-state index in [-0.39, 0.29) is 29.1 Å². The maximum Gasteiger partial charge on any atom is 0.264 e. The van der Waals surface area contributed by atoms with Crippen molar-refractivity contribution in [1.82, 2.24) is 10.2 Å². The van der Waals surface area contributed by atoms with Crippen LogP contribution in [0.25, 0.3) is 0 Å². The molecule has 0 fully saturated rings. The van der Waals surface area contributed by atoms with Crippen LogP contribution in [-0.2, 0) is 26.2 Å². The van der Waals surface area contributed by atoms with Crippen molar-refractivity contribution in [3.8, 4) is 11.5 Å². The number of rotatable bonds is 11. The number of benzene rings is 3. The number of hydrogen-bond acceptors (Lipinski definition) is 6. The molecular formula is C30H35N3O6S. The lowest BCUT2D eigenvalue weighted by molar-refractivity contribution is -0.139. The fourth-order valence-electron chi connectivity index (χ4n) is 4.26. The van der Waals surface area contributed by atoms with E-state index in [0.29, 0.717) is 24.7 Å². The van der Waals surface area contributed by atoms with Crippen molar-refractivity contribution < 1.29 is 27.5 Å². The van der Waals surface area contributed by atoms with Gasteiger partial charge in [-0.15, -0.1) is 0 Å². The van der Waals surface area contributed by atoms with Gasteiger partial charge in [-0.1, -0.05) is 55.5 Å². The van der Waals surface area contributed by atoms with E-state index in [1.54, 1.807) is 43.3 Å². The summed E-state index contributed by atoms with van der Waals surface area (Å²) in [4.78, 5) is 28.6. The first-order chi connectivity index (χ1) is 19.2. The highest BCUT2D eigenvalue weighted by Gasteiger charge is 2.33. The highest BCUT2D eigenvalue weighted by molar-refractivity contribution is 7.92. The summed E-state index contributed by atoms with van der Waals surface area (Å²) in [6.07, 6.45) is 0.734. The summed E-state index contributed by atoms with van der Waals surface area (Å²) in [5.41, 5.74) is 1.06. The molecule has 0 radical (unpaired) electrons. The Morgan fingerprint density at radius 3 is 2.17 bits per heavy atom. The Labute approximate surface area is 235 Å². The molecule has 1 aliphatic heterocycles. The second-order valence-corrected chi connectivity index (χ2v) is 11.5. The van der Waals surface area contributed by atoms with E-state index in [1.165, 1.54) is 17.0 Å². The van der Waals surface area contributed by atoms with Crippen LogP contribution in [0.2, 0.25) is 0 Å². The van der Waals surface area contributed by atoms with Gasteiger partial charge in [0.1, 0.15) is 25.8 Å². The molecule has 3 aromatic carbocycles. The molecule has 4 rings (SSSR count). The Balaban J connectivity index is 1.71. The van der Waals surface area contributed by atoms with Crippen LogP contribution in [-0.4, -0.2) is 57.0 Å². The zero-order valence-corrected chi connectivity index (χ0v) is 23.8. The molecule has 2 amide bonds. The van der Waals surface area contributed by atoms with Crippen molar-refractivity contribution in [3.05, 3.63) is 84.4 Å². The van der Waals surface area contributed by atoms with Gasteiger partial charge in [0, 0.05) is 18.7 Å². The van der Waals surface area contributed by atoms with Crippen molar-refractivity contribution in [2.75, 3.05) is 24.1 Å². The summed E-state index contributed by atoms with van der Waals surface area (Å²) in [6.45, 7) is 5.83. The predicted molar refractivity (Wildman–Crippen MR) is 153 cm³/mol. The lowest BCUT2D eigenvalue weighted by Crippen LogP contribution is -2.52. The van der Waals surface area contributed by atoms with Gasteiger partial charge in [-0.3, -0.25) is 13.9 Å². The zero-order chi connectivity index (χ0) is 28.7. The quantitative estimate of drug-likeness (QED) is 0.377. The first-order valence-corrected chi connectivity index (χ1v) is 14.8. The van der Waals surface area contributed by atoms with Gasteiger partial charge < -0.3 is 19.7 Å². The summed E-state index contributed by atoms with van der Waals surface area (Å²) in [6, 6.07) is 21.1. The van der Waals surface area contributed by atoms with E-state index in [0.717, 1.165) is 16.3 Å². The van der Waals surface area contributed by atoms with Gasteiger partial charge in [0.25, 0.3) is 10.0 Å². The molecular weight excluding hydrogens is 530 g/mol. The molecule has 212 valence electrons. The minimum Gasteiger partial charge on any atom is -0.486 e. The van der Waals surface area contributed by atoms with Gasteiger partial charge in [-0.05, 0) is 50.1 Å². The van der Waals surface area contributed by atoms with E-state index in [9.17, 15) is 18.0 Å². The van der Waals surface area contributed by atoms with Gasteiger partial charge in [0.2, 0.25) is 11.8 Å². The molecule has 0 aliphatic carbocycles. The number of sulfonamides is 1. The highest BCUT2D eigenvalue weighted by Crippen LogP contribution is 2.36. The molecule has 0 saturated carbocycles. The van der Waals surface area contributed by atoms with Crippen LogP contribution in [0.1, 0.15) is 32.8 Å². The van der Waals surface area contributed by atoms with Crippen molar-refractivity contribution in [2.24, 2.45) is 0 Å². The van der Waals surface area contributed by atoms with Gasteiger partial charge in [-0.25, -0.2) is 8.42 Å². The summed E-state index contributed by atoms with van der Waals surface area (Å²) < 4.78 is 40.2. The van der Waals surface area contributed by atoms with Crippen molar-refractivity contribution in [2.45, 2.75) is 50.7 Å². The number of hydrogen-bond donors (Lipinski definition) is 1. The Bertz CT molecular complexity index is 1420. The molecule has 0 bridgehead atoms. The Hall–Kier alpha value is -4.05. The van der Waals surface area contributed by atoms with Crippen molar-refractivity contribution in [1.29, 1.82) is 0 Å². The summed E-state index contributed by atoms with van der Waals surface area (Å²) in [5, 5.41) is 2.93. The van der Waals surface area contributed by atoms with Crippen LogP contribution in [0.3, 0.4) is 0 Å². The molecule has 40 heavy (non-hydrogen) atoms. The number of amides is 2. The number of nitrogens with one attached hydrogen (secondary N) is 1. The van der Waals surface area contributed by atoms with E-state index in [2.05, 4.69) is 5.32 Å². The van der Waals surface area contributed by atoms with Gasteiger partial charge in [-0.2, -0.15) is 0 Å². The van der Waals surface area contributed by atoms with Crippen LogP contribution in [0.5, 0.6) is 11.5 Å². The monoisotopic (exact) mass is 565 g/mol. The van der Waals surface area contributed by atoms with E-state index in [1.807, 2.05) is 44.2 Å². The number of ether oxygens (including phenoxy) is 2. The van der Waals surface area contributed by atoms with Gasteiger partial charge in [0.05, 0.1) is 10.6 Å². The smallest absolute Gasteiger partial charge is 0.264 e. The van der Waals surface area contributed by atoms with Gasteiger partial charge in [0.15, 0.2) is 11.5 Å². The maximum absolute atomic E-state index is 14.0. The van der Waals surface area contributed by atoms with Crippen LogP contribution in [0.15, 0.2) is 83.8 Å². The number of carbonyl (C=O) groups is 2. The van der Waals surface area contributed by atoms with E-state index >= 15 is 0 Å². The Kier molecular flexibility index (Phi) is 9.31. The third-order valence-electron chi connectivity index (χ3n) is 6.79. The summed E-state index contributed by atoms with van der Waals surface area (Å²) in [5.74, 6) is 0.0619. The lowest BCUT2D eigenvalue weighted by Gasteiger charge is -2.32. The first kappa shape index (κ1) is 28.9. The molecule has 0 saturated heterocycles. The van der Waals surface area contributed by atoms with Gasteiger partial charge >= 0.3 is 0 Å². The fraction of sp³-hybridized carbons (Fsp3) is 0.333. The third-order valence-corrected chi connectivity index (χ3v) is 8.58. The predicted octanol–water partition coefficient (Wildman–Crippen LogP) is 3.99. The molecule has 2 atom stereocenters. The number of carbonyl (C=O) groups excluding carboxylic acids is 2. The van der Waals surface area contributed by atoms with E-state index < -0.39 is 28.5 Å². The highest BCUT2D eigenvalue weighted by atomic mass is 32.2. The summed E-state index contributed by atoms with van der Waals surface area (Å²) in [7, 11) is -4.16. The van der Waals surface area contributed by atoms with Crippen LogP contribution >= 0.6 is 0 Å². The molecule has 3 aromatic rings. The van der Waals surface area contributed by atoms with Crippen LogP contribution in [0, 0.1) is 0 Å². The van der Waals surface area contributed by atoms with E-state index in [4.69, 9.17) is 9.47 Å². The van der Waals surface area contributed by atoms with Crippen molar-refractivity contribution in [3.63, 3.8) is 0 Å². The number of nitrogens with zero attached hydrogens (tertiary/aromatic N) is 2. The standard InChI is InChI=1S/C30H35N3O6S/c1-4-22(2)31-30(35)23(3)32(20-24-11-7-5-8-12-24)29(34)21-33(40(36,37)26-13-9-6-10-14-26)25-15-16-27-28(19-25)39-18-17-38-27/h5-16,19,22-23H,4,17-18,20-21H2,1-3H3,(H,31,35)/t22-,23+/m1/s1. The Morgan fingerprint density at radius 2 is 1.52 bits per heavy atom. The number of fused-ring (bicyclic) bond motifs is 1. The third kappa shape index (κ3) is 6.74. The molecule has 0 unspecified atom stereocenters. The maximum atomic E-state index is 14.0. The number of anilines is 1. The first-order valence-electron chi connectivity index (χ1n) is 13.3. The Morgan fingerprint density at radius 1 is 0.900 bits per heavy atom. The second kappa shape index (κ2) is 12.9. The molecule has 1 N–H and O–H groups in total. The fourth-order valence-corrected chi connectivity index (χ4v) is 5.69. The summed E-state index contributed by atoms with van der Waals surface area (Å²) >= 11 is 0. The van der Waals surface area contributed by atoms with Crippen molar-refractivity contribution >= 4 is 27.5 Å². The van der Waals surface area contributed by atoms with Crippen LogP contribution < -0.4 is 19.1 Å². The minimum absolute atomic E-state index is 0.0369. The minimum atomic E-state index is -4.16. The SMILES string of the molecule is CC[C@@H](C)NC(=O)[C@H](C)N(Cc1ccccc1)C(=O)CN(c1ccc2c(c1)OCCO2)S(=O)(=O)c1ccccc1. The molecule has 1 heterocycles. The average Bonchev–Trinajstić information content (AvgIpc) is 2.98. The topological polar surface area (TPSA) is 105 Å². The average molecular weight is 566 g/mol. The molecule has 0 spiro atoms. The lowest BCUT2D eigenvalue weighted by atomic mass is 10.1. The molecule has 0 aromatic heterocycles. The largest absolute Gasteiger partial charge is 0.486 e. The normalized spacial score (nSPS) is 14.1. The zero-order valence-electron chi connectivity index (χ0n) is 22.9. The molecule has 9 nitrogen and oxygen atoms in total. The van der Waals surface area contributed by atoms with Crippen LogP contribution in [0.4, 0.5) is 5.69 Å². The molecule has 10 heteroatoms.